The molecule has 0 aliphatic carbocycles. The van der Waals surface area contributed by atoms with Gasteiger partial charge in [0.2, 0.25) is 0 Å². The van der Waals surface area contributed by atoms with E-state index in [1.165, 1.54) is 5.39 Å². The molecule has 1 aromatic carbocycles. The smallest absolute Gasteiger partial charge is 0.0881 e. The number of rotatable bonds is 3. The van der Waals surface area contributed by atoms with Gasteiger partial charge in [0.15, 0.2) is 0 Å². The molecular weight excluding hydrogens is 274 g/mol. The number of ether oxygens (including phenoxy) is 1. The lowest BCUT2D eigenvalue weighted by Gasteiger charge is -2.30. The number of halogens is 1. The molecule has 1 unspecified atom stereocenters. The van der Waals surface area contributed by atoms with Gasteiger partial charge in [0.05, 0.1) is 19.3 Å². The van der Waals surface area contributed by atoms with Gasteiger partial charge in [-0.2, -0.15) is 0 Å². The van der Waals surface area contributed by atoms with Crippen molar-refractivity contribution in [2.45, 2.75) is 19.2 Å². The van der Waals surface area contributed by atoms with Crippen molar-refractivity contribution in [3.05, 3.63) is 35.0 Å². The van der Waals surface area contributed by atoms with Crippen LogP contribution in [0.1, 0.15) is 5.56 Å². The maximum Gasteiger partial charge on any atom is 0.0881 e. The number of morpholine rings is 1. The first kappa shape index (κ1) is 13.9. The summed E-state index contributed by atoms with van der Waals surface area (Å²) in [5.41, 5.74) is 8.12. The lowest BCUT2D eigenvalue weighted by Crippen LogP contribution is -2.41. The third-order valence-electron chi connectivity index (χ3n) is 3.89. The van der Waals surface area contributed by atoms with E-state index < -0.39 is 0 Å². The van der Waals surface area contributed by atoms with Crippen LogP contribution in [0.15, 0.2) is 24.4 Å². The van der Waals surface area contributed by atoms with Gasteiger partial charge in [-0.1, -0.05) is 17.7 Å². The molecule has 1 aromatic heterocycles. The minimum absolute atomic E-state index is 0.217. The van der Waals surface area contributed by atoms with Crippen molar-refractivity contribution in [1.82, 2.24) is 9.47 Å². The Labute approximate surface area is 124 Å². The number of likely N-dealkylation sites (N-methyl/N-ethyl adjacent to an activating group) is 1. The van der Waals surface area contributed by atoms with Crippen LogP contribution in [-0.2, 0) is 17.8 Å². The fraction of sp³-hybridized carbons (Fsp3) is 0.467. The summed E-state index contributed by atoms with van der Waals surface area (Å²) in [6, 6.07) is 5.96. The second kappa shape index (κ2) is 5.74. The first-order chi connectivity index (χ1) is 9.67. The summed E-state index contributed by atoms with van der Waals surface area (Å²) in [5.74, 6) is 0. The Hall–Kier alpha value is -1.07. The van der Waals surface area contributed by atoms with Gasteiger partial charge >= 0.3 is 0 Å². The summed E-state index contributed by atoms with van der Waals surface area (Å²) in [4.78, 5) is 2.30. The van der Waals surface area contributed by atoms with Crippen molar-refractivity contribution in [3.8, 4) is 0 Å². The molecule has 1 saturated heterocycles. The van der Waals surface area contributed by atoms with Gasteiger partial charge in [-0.25, -0.2) is 0 Å². The molecule has 0 spiro atoms. The second-order valence-electron chi connectivity index (χ2n) is 5.43. The molecule has 2 N–H and O–H groups in total. The van der Waals surface area contributed by atoms with Gasteiger partial charge in [0.25, 0.3) is 0 Å². The molecule has 2 heterocycles. The Morgan fingerprint density at radius 3 is 3.05 bits per heavy atom. The molecule has 1 fully saturated rings. The topological polar surface area (TPSA) is 43.4 Å². The summed E-state index contributed by atoms with van der Waals surface area (Å²) in [6.45, 7) is 4.13. The Morgan fingerprint density at radius 2 is 2.30 bits per heavy atom. The highest BCUT2D eigenvalue weighted by atomic mass is 35.5. The van der Waals surface area contributed by atoms with Crippen molar-refractivity contribution < 1.29 is 4.74 Å². The zero-order chi connectivity index (χ0) is 14.1. The Bertz CT molecular complexity index is 610. The quantitative estimate of drug-likeness (QED) is 0.942. The second-order valence-corrected chi connectivity index (χ2v) is 5.86. The molecule has 0 saturated carbocycles. The van der Waals surface area contributed by atoms with Crippen molar-refractivity contribution >= 4 is 22.5 Å². The fourth-order valence-corrected chi connectivity index (χ4v) is 3.02. The van der Waals surface area contributed by atoms with E-state index in [-0.39, 0.29) is 6.10 Å². The van der Waals surface area contributed by atoms with E-state index in [0.29, 0.717) is 6.54 Å². The molecule has 4 nitrogen and oxygen atoms in total. The number of nitrogens with zero attached hydrogens (tertiary/aromatic N) is 2. The zero-order valence-corrected chi connectivity index (χ0v) is 12.4. The molecular formula is C15H20ClN3O. The normalized spacial score (nSPS) is 20.6. The van der Waals surface area contributed by atoms with Gasteiger partial charge in [-0.05, 0) is 24.7 Å². The molecule has 2 aromatic rings. The Kier molecular flexibility index (Phi) is 3.98. The zero-order valence-electron chi connectivity index (χ0n) is 11.7. The number of hydrogen-bond donors (Lipinski definition) is 1. The van der Waals surface area contributed by atoms with Gasteiger partial charge in [0.1, 0.15) is 0 Å². The van der Waals surface area contributed by atoms with Gasteiger partial charge in [0, 0.05) is 41.8 Å². The number of nitrogens with two attached hydrogens (primary N) is 1. The SMILES string of the molecule is CN1CCOC(Cn2cc(CN)c3ccc(Cl)cc32)C1. The molecule has 3 rings (SSSR count). The van der Waals surface area contributed by atoms with E-state index in [9.17, 15) is 0 Å². The minimum Gasteiger partial charge on any atom is -0.374 e. The lowest BCUT2D eigenvalue weighted by molar-refractivity contribution is -0.0269. The number of hydrogen-bond acceptors (Lipinski definition) is 3. The van der Waals surface area contributed by atoms with E-state index in [0.717, 1.165) is 42.3 Å². The molecule has 1 aliphatic rings. The summed E-state index contributed by atoms with van der Waals surface area (Å²) >= 11 is 6.12. The Morgan fingerprint density at radius 1 is 1.45 bits per heavy atom. The molecule has 0 bridgehead atoms. The summed E-state index contributed by atoms with van der Waals surface area (Å²) in [5, 5.41) is 1.93. The van der Waals surface area contributed by atoms with Crippen LogP contribution < -0.4 is 5.73 Å². The maximum absolute atomic E-state index is 6.12. The predicted octanol–water partition coefficient (Wildman–Crippen LogP) is 2.08. The largest absolute Gasteiger partial charge is 0.374 e. The minimum atomic E-state index is 0.217. The Balaban J connectivity index is 1.92. The molecule has 0 radical (unpaired) electrons. The standard InChI is InChI=1S/C15H20ClN3O/c1-18-4-5-20-13(9-18)10-19-8-11(7-17)14-3-2-12(16)6-15(14)19/h2-3,6,8,13H,4-5,7,9-10,17H2,1H3. The van der Waals surface area contributed by atoms with Crippen molar-refractivity contribution in [2.75, 3.05) is 26.7 Å². The highest BCUT2D eigenvalue weighted by Gasteiger charge is 2.19. The molecule has 1 aliphatic heterocycles. The van der Waals surface area contributed by atoms with Crippen molar-refractivity contribution in [1.29, 1.82) is 0 Å². The highest BCUT2D eigenvalue weighted by Crippen LogP contribution is 2.25. The number of aromatic nitrogens is 1. The van der Waals surface area contributed by atoms with Crippen LogP contribution in [-0.4, -0.2) is 42.3 Å². The summed E-state index contributed by atoms with van der Waals surface area (Å²) in [7, 11) is 2.13. The van der Waals surface area contributed by atoms with Crippen LogP contribution in [0.3, 0.4) is 0 Å². The lowest BCUT2D eigenvalue weighted by atomic mass is 10.2. The molecule has 1 atom stereocenters. The first-order valence-corrected chi connectivity index (χ1v) is 7.32. The van der Waals surface area contributed by atoms with Crippen molar-refractivity contribution in [3.63, 3.8) is 0 Å². The van der Waals surface area contributed by atoms with Crippen LogP contribution in [0, 0.1) is 0 Å². The number of fused-ring (bicyclic) bond motifs is 1. The maximum atomic E-state index is 6.12. The molecule has 0 amide bonds. The van der Waals surface area contributed by atoms with Crippen LogP contribution in [0.2, 0.25) is 5.02 Å². The van der Waals surface area contributed by atoms with Crippen LogP contribution in [0.5, 0.6) is 0 Å². The van der Waals surface area contributed by atoms with Gasteiger partial charge < -0.3 is 19.9 Å². The van der Waals surface area contributed by atoms with E-state index in [2.05, 4.69) is 22.7 Å². The molecule has 20 heavy (non-hydrogen) atoms. The van der Waals surface area contributed by atoms with Crippen LogP contribution in [0.4, 0.5) is 0 Å². The van der Waals surface area contributed by atoms with E-state index in [1.54, 1.807) is 0 Å². The summed E-state index contributed by atoms with van der Waals surface area (Å²) < 4.78 is 8.06. The van der Waals surface area contributed by atoms with Gasteiger partial charge in [-0.15, -0.1) is 0 Å². The van der Waals surface area contributed by atoms with Crippen LogP contribution >= 0.6 is 11.6 Å². The van der Waals surface area contributed by atoms with E-state index in [4.69, 9.17) is 22.1 Å². The van der Waals surface area contributed by atoms with E-state index >= 15 is 0 Å². The highest BCUT2D eigenvalue weighted by molar-refractivity contribution is 6.31. The fourth-order valence-electron chi connectivity index (χ4n) is 2.85. The average molecular weight is 294 g/mol. The predicted molar refractivity (Wildman–Crippen MR) is 82.1 cm³/mol. The summed E-state index contributed by atoms with van der Waals surface area (Å²) in [6.07, 6.45) is 2.34. The van der Waals surface area contributed by atoms with E-state index in [1.807, 2.05) is 18.2 Å². The third kappa shape index (κ3) is 2.69. The first-order valence-electron chi connectivity index (χ1n) is 6.95. The average Bonchev–Trinajstić information content (AvgIpc) is 2.76. The van der Waals surface area contributed by atoms with Crippen molar-refractivity contribution in [2.24, 2.45) is 5.73 Å². The molecule has 5 heteroatoms. The van der Waals surface area contributed by atoms with Gasteiger partial charge in [-0.3, -0.25) is 0 Å². The van der Waals surface area contributed by atoms with Crippen LogP contribution in [0.25, 0.3) is 10.9 Å². The number of benzene rings is 1. The monoisotopic (exact) mass is 293 g/mol. The third-order valence-corrected chi connectivity index (χ3v) is 4.12. The molecule has 108 valence electrons.